The van der Waals surface area contributed by atoms with Crippen LogP contribution in [0.25, 0.3) is 0 Å². The van der Waals surface area contributed by atoms with Crippen LogP contribution in [-0.4, -0.2) is 56.1 Å². The van der Waals surface area contributed by atoms with Gasteiger partial charge in [0.1, 0.15) is 0 Å². The first-order valence-electron chi connectivity index (χ1n) is 10.5. The number of benzene rings is 2. The zero-order chi connectivity index (χ0) is 21.4. The summed E-state index contributed by atoms with van der Waals surface area (Å²) in [6, 6.07) is 20.2. The Morgan fingerprint density at radius 1 is 0.967 bits per heavy atom. The third-order valence-electron chi connectivity index (χ3n) is 5.51. The fraction of sp³-hybridized carbons (Fsp3) is 0.435. The maximum Gasteiger partial charge on any atom is 0.317 e. The zero-order valence-corrected chi connectivity index (χ0v) is 18.4. The summed E-state index contributed by atoms with van der Waals surface area (Å²) < 4.78 is 25.1. The molecule has 0 saturated carbocycles. The number of hydrogen-bond donors (Lipinski definition) is 1. The number of nitrogens with one attached hydrogen (secondary N) is 1. The first-order chi connectivity index (χ1) is 14.4. The van der Waals surface area contributed by atoms with Gasteiger partial charge in [0.25, 0.3) is 0 Å². The lowest BCUT2D eigenvalue weighted by Crippen LogP contribution is -2.43. The third-order valence-corrected chi connectivity index (χ3v) is 6.82. The van der Waals surface area contributed by atoms with Crippen LogP contribution in [0.1, 0.15) is 36.4 Å². The van der Waals surface area contributed by atoms with Crippen molar-refractivity contribution in [3.8, 4) is 0 Å². The maximum absolute atomic E-state index is 13.0. The molecular formula is C23H31N3O3S. The van der Waals surface area contributed by atoms with E-state index in [1.807, 2.05) is 48.5 Å². The molecule has 1 fully saturated rings. The summed E-state index contributed by atoms with van der Waals surface area (Å²) in [4.78, 5) is 14.7. The minimum Gasteiger partial charge on any atom is -0.331 e. The quantitative estimate of drug-likeness (QED) is 0.733. The fourth-order valence-corrected chi connectivity index (χ4v) is 4.71. The van der Waals surface area contributed by atoms with Crippen LogP contribution in [0.15, 0.2) is 60.7 Å². The van der Waals surface area contributed by atoms with E-state index in [-0.39, 0.29) is 12.1 Å². The molecule has 0 bridgehead atoms. The Kier molecular flexibility index (Phi) is 7.87. The van der Waals surface area contributed by atoms with Crippen molar-refractivity contribution in [1.82, 2.24) is 14.5 Å². The first kappa shape index (κ1) is 22.3. The van der Waals surface area contributed by atoms with Crippen molar-refractivity contribution in [1.29, 1.82) is 0 Å². The molecule has 2 aromatic carbocycles. The number of aryl methyl sites for hydroxylation is 1. The summed E-state index contributed by atoms with van der Waals surface area (Å²) >= 11 is 0. The summed E-state index contributed by atoms with van der Waals surface area (Å²) in [6.07, 6.45) is 4.64. The molecule has 7 heteroatoms. The van der Waals surface area contributed by atoms with Gasteiger partial charge in [0, 0.05) is 26.2 Å². The molecule has 30 heavy (non-hydrogen) atoms. The molecule has 0 radical (unpaired) electrons. The van der Waals surface area contributed by atoms with Gasteiger partial charge in [-0.15, -0.1) is 0 Å². The monoisotopic (exact) mass is 429 g/mol. The molecular weight excluding hydrogens is 398 g/mol. The van der Waals surface area contributed by atoms with Gasteiger partial charge in [0.2, 0.25) is 10.0 Å². The van der Waals surface area contributed by atoms with E-state index in [1.165, 1.54) is 16.1 Å². The van der Waals surface area contributed by atoms with E-state index >= 15 is 0 Å². The lowest BCUT2D eigenvalue weighted by molar-refractivity contribution is 0.195. The predicted octanol–water partition coefficient (Wildman–Crippen LogP) is 3.43. The number of amides is 2. The van der Waals surface area contributed by atoms with Gasteiger partial charge in [-0.05, 0) is 36.8 Å². The number of hydrogen-bond acceptors (Lipinski definition) is 3. The highest BCUT2D eigenvalue weighted by Crippen LogP contribution is 2.20. The smallest absolute Gasteiger partial charge is 0.317 e. The summed E-state index contributed by atoms with van der Waals surface area (Å²) in [5.41, 5.74) is 2.38. The standard InChI is InChI=1S/C23H31N3O3S/c1-30(28,29)26-17-9-16-25(18-19-26)23(27)24-22(21-13-6-3-7-14-21)15-8-12-20-10-4-2-5-11-20/h2-7,10-11,13-14,22H,8-9,12,15-19H2,1H3,(H,24,27). The molecule has 6 nitrogen and oxygen atoms in total. The van der Waals surface area contributed by atoms with Gasteiger partial charge in [-0.1, -0.05) is 60.7 Å². The van der Waals surface area contributed by atoms with Gasteiger partial charge < -0.3 is 10.2 Å². The second kappa shape index (κ2) is 10.6. The van der Waals surface area contributed by atoms with E-state index in [0.29, 0.717) is 32.6 Å². The van der Waals surface area contributed by atoms with Crippen molar-refractivity contribution in [2.24, 2.45) is 0 Å². The van der Waals surface area contributed by atoms with Crippen LogP contribution in [0.3, 0.4) is 0 Å². The minimum absolute atomic E-state index is 0.0725. The molecule has 1 saturated heterocycles. The lowest BCUT2D eigenvalue weighted by Gasteiger charge is -2.26. The largest absolute Gasteiger partial charge is 0.331 e. The number of rotatable bonds is 7. The van der Waals surface area contributed by atoms with Crippen molar-refractivity contribution in [3.63, 3.8) is 0 Å². The van der Waals surface area contributed by atoms with E-state index in [2.05, 4.69) is 17.4 Å². The Morgan fingerprint density at radius 2 is 1.63 bits per heavy atom. The highest BCUT2D eigenvalue weighted by atomic mass is 32.2. The van der Waals surface area contributed by atoms with Crippen molar-refractivity contribution < 1.29 is 13.2 Å². The van der Waals surface area contributed by atoms with Crippen LogP contribution in [0.5, 0.6) is 0 Å². The van der Waals surface area contributed by atoms with Gasteiger partial charge >= 0.3 is 6.03 Å². The van der Waals surface area contributed by atoms with Crippen molar-refractivity contribution in [2.75, 3.05) is 32.4 Å². The Bertz CT molecular complexity index is 904. The summed E-state index contributed by atoms with van der Waals surface area (Å²) in [6.45, 7) is 1.77. The van der Waals surface area contributed by atoms with E-state index in [9.17, 15) is 13.2 Å². The van der Waals surface area contributed by atoms with Crippen LogP contribution in [0.2, 0.25) is 0 Å². The molecule has 1 heterocycles. The molecule has 0 spiro atoms. The summed E-state index contributed by atoms with van der Waals surface area (Å²) in [7, 11) is -3.23. The number of carbonyl (C=O) groups excluding carboxylic acids is 1. The first-order valence-corrected chi connectivity index (χ1v) is 12.4. The lowest BCUT2D eigenvalue weighted by atomic mass is 9.99. The Hall–Kier alpha value is -2.38. The van der Waals surface area contributed by atoms with E-state index < -0.39 is 10.0 Å². The number of nitrogens with zero attached hydrogens (tertiary/aromatic N) is 2. The molecule has 0 aromatic heterocycles. The highest BCUT2D eigenvalue weighted by Gasteiger charge is 2.25. The average Bonchev–Trinajstić information content (AvgIpc) is 3.01. The number of carbonyl (C=O) groups is 1. The van der Waals surface area contributed by atoms with Gasteiger partial charge in [-0.3, -0.25) is 0 Å². The van der Waals surface area contributed by atoms with Gasteiger partial charge in [-0.2, -0.15) is 0 Å². The van der Waals surface area contributed by atoms with Crippen LogP contribution in [0.4, 0.5) is 4.79 Å². The molecule has 1 atom stereocenters. The molecule has 2 amide bonds. The zero-order valence-electron chi connectivity index (χ0n) is 17.5. The molecule has 2 aromatic rings. The van der Waals surface area contributed by atoms with E-state index in [4.69, 9.17) is 0 Å². The van der Waals surface area contributed by atoms with Crippen molar-refractivity contribution in [3.05, 3.63) is 71.8 Å². The van der Waals surface area contributed by atoms with Crippen LogP contribution in [0, 0.1) is 0 Å². The molecule has 1 aliphatic rings. The van der Waals surface area contributed by atoms with Crippen LogP contribution >= 0.6 is 0 Å². The maximum atomic E-state index is 13.0. The molecule has 3 rings (SSSR count). The summed E-state index contributed by atoms with van der Waals surface area (Å²) in [5, 5.41) is 3.19. The second-order valence-corrected chi connectivity index (χ2v) is 9.78. The average molecular weight is 430 g/mol. The second-order valence-electron chi connectivity index (χ2n) is 7.79. The topological polar surface area (TPSA) is 69.7 Å². The van der Waals surface area contributed by atoms with Gasteiger partial charge in [-0.25, -0.2) is 17.5 Å². The van der Waals surface area contributed by atoms with E-state index in [0.717, 1.165) is 24.8 Å². The van der Waals surface area contributed by atoms with Crippen LogP contribution in [-0.2, 0) is 16.4 Å². The Labute approximate surface area is 179 Å². The number of urea groups is 1. The molecule has 162 valence electrons. The SMILES string of the molecule is CS(=O)(=O)N1CCCN(C(=O)NC(CCCc2ccccc2)c2ccccc2)CC1. The fourth-order valence-electron chi connectivity index (χ4n) is 3.83. The molecule has 0 aliphatic carbocycles. The summed E-state index contributed by atoms with van der Waals surface area (Å²) in [5.74, 6) is 0. The molecule has 1 aliphatic heterocycles. The van der Waals surface area contributed by atoms with E-state index in [1.54, 1.807) is 4.90 Å². The molecule has 1 N–H and O–H groups in total. The Balaban J connectivity index is 1.61. The van der Waals surface area contributed by atoms with Crippen molar-refractivity contribution >= 4 is 16.1 Å². The minimum atomic E-state index is -3.23. The normalized spacial score (nSPS) is 16.6. The van der Waals surface area contributed by atoms with Crippen molar-refractivity contribution in [2.45, 2.75) is 31.7 Å². The molecule has 1 unspecified atom stereocenters. The highest BCUT2D eigenvalue weighted by molar-refractivity contribution is 7.88. The predicted molar refractivity (Wildman–Crippen MR) is 120 cm³/mol. The van der Waals surface area contributed by atoms with Gasteiger partial charge in [0.05, 0.1) is 12.3 Å². The number of sulfonamides is 1. The third kappa shape index (κ3) is 6.57. The van der Waals surface area contributed by atoms with Gasteiger partial charge in [0.15, 0.2) is 0 Å². The van der Waals surface area contributed by atoms with Crippen LogP contribution < -0.4 is 5.32 Å². The Morgan fingerprint density at radius 3 is 2.30 bits per heavy atom.